The smallest absolute Gasteiger partial charge is 0.235 e. The molecule has 1 saturated heterocycles. The van der Waals surface area contributed by atoms with E-state index >= 15 is 0 Å². The number of carbonyl (C=O) groups excluding carboxylic acids is 1. The molecule has 1 aliphatic carbocycles. The third kappa shape index (κ3) is 2.62. The summed E-state index contributed by atoms with van der Waals surface area (Å²) < 4.78 is 0. The molecule has 1 amide bonds. The maximum Gasteiger partial charge on any atom is 0.235 e. The van der Waals surface area contributed by atoms with E-state index in [9.17, 15) is 4.79 Å². The standard InChI is InChI=1S/C20H26N2O/c1-4-13-22-14-15(2)20(19(22)23)12-8-11-18(20)21-16(3)17-9-6-5-7-10-17/h4-7,9-10,15-16H,1,8,11-14H2,2-3H3/t15-,16-,20+/m1/s1. The highest BCUT2D eigenvalue weighted by molar-refractivity contribution is 6.11. The van der Waals surface area contributed by atoms with Crippen LogP contribution in [0.1, 0.15) is 44.7 Å². The predicted molar refractivity (Wildman–Crippen MR) is 94.5 cm³/mol. The molecule has 0 radical (unpaired) electrons. The van der Waals surface area contributed by atoms with Gasteiger partial charge < -0.3 is 4.90 Å². The number of likely N-dealkylation sites (tertiary alicyclic amines) is 1. The van der Waals surface area contributed by atoms with Crippen molar-refractivity contribution < 1.29 is 4.79 Å². The van der Waals surface area contributed by atoms with Gasteiger partial charge in [0, 0.05) is 18.8 Å². The molecule has 1 heterocycles. The third-order valence-corrected chi connectivity index (χ3v) is 5.48. The van der Waals surface area contributed by atoms with Gasteiger partial charge in [-0.05, 0) is 37.7 Å². The average Bonchev–Trinajstić information content (AvgIpc) is 3.08. The number of amides is 1. The fourth-order valence-electron chi connectivity index (χ4n) is 4.26. The molecule has 1 aromatic rings. The molecule has 0 N–H and O–H groups in total. The van der Waals surface area contributed by atoms with Crippen LogP contribution in [0.2, 0.25) is 0 Å². The second kappa shape index (κ2) is 6.31. The van der Waals surface area contributed by atoms with Crippen LogP contribution in [0.25, 0.3) is 0 Å². The average molecular weight is 310 g/mol. The molecule has 1 aliphatic heterocycles. The van der Waals surface area contributed by atoms with Crippen molar-refractivity contribution in [3.63, 3.8) is 0 Å². The molecule has 0 bridgehead atoms. The van der Waals surface area contributed by atoms with E-state index in [2.05, 4.69) is 32.6 Å². The Morgan fingerprint density at radius 1 is 1.43 bits per heavy atom. The first kappa shape index (κ1) is 16.0. The lowest BCUT2D eigenvalue weighted by Crippen LogP contribution is -2.39. The lowest BCUT2D eigenvalue weighted by molar-refractivity contribution is -0.133. The quantitative estimate of drug-likeness (QED) is 0.773. The minimum absolute atomic E-state index is 0.106. The molecule has 1 saturated carbocycles. The van der Waals surface area contributed by atoms with E-state index in [-0.39, 0.29) is 17.4 Å². The highest BCUT2D eigenvalue weighted by Gasteiger charge is 2.56. The molecule has 2 fully saturated rings. The molecule has 2 aliphatic rings. The van der Waals surface area contributed by atoms with E-state index in [0.29, 0.717) is 12.5 Å². The molecule has 3 rings (SSSR count). The first-order chi connectivity index (χ1) is 11.1. The summed E-state index contributed by atoms with van der Waals surface area (Å²) in [7, 11) is 0. The number of benzene rings is 1. The minimum atomic E-state index is -0.355. The van der Waals surface area contributed by atoms with Crippen LogP contribution < -0.4 is 0 Å². The van der Waals surface area contributed by atoms with Crippen LogP contribution in [0.4, 0.5) is 0 Å². The SMILES string of the molecule is C=CCN1C[C@@H](C)[C@]2(CCCC2=N[C@H](C)c2ccccc2)C1=O. The predicted octanol–water partition coefficient (Wildman–Crippen LogP) is 4.02. The zero-order valence-corrected chi connectivity index (χ0v) is 14.2. The van der Waals surface area contributed by atoms with Gasteiger partial charge in [0.25, 0.3) is 0 Å². The maximum atomic E-state index is 13.1. The number of nitrogens with zero attached hydrogens (tertiary/aromatic N) is 2. The zero-order chi connectivity index (χ0) is 16.4. The summed E-state index contributed by atoms with van der Waals surface area (Å²) in [5.74, 6) is 0.598. The van der Waals surface area contributed by atoms with Crippen molar-refractivity contribution in [2.24, 2.45) is 16.3 Å². The first-order valence-corrected chi connectivity index (χ1v) is 8.62. The van der Waals surface area contributed by atoms with Crippen molar-refractivity contribution in [3.8, 4) is 0 Å². The van der Waals surface area contributed by atoms with Crippen molar-refractivity contribution in [2.45, 2.75) is 39.2 Å². The molecule has 122 valence electrons. The zero-order valence-electron chi connectivity index (χ0n) is 14.2. The second-order valence-corrected chi connectivity index (χ2v) is 6.89. The van der Waals surface area contributed by atoms with Crippen LogP contribution in [0, 0.1) is 11.3 Å². The summed E-state index contributed by atoms with van der Waals surface area (Å²) in [5, 5.41) is 0. The Morgan fingerprint density at radius 3 is 2.87 bits per heavy atom. The van der Waals surface area contributed by atoms with Crippen LogP contribution in [0.15, 0.2) is 48.0 Å². The molecule has 3 heteroatoms. The number of aliphatic imine (C=N–C) groups is 1. The Bertz CT molecular complexity index is 622. The molecule has 23 heavy (non-hydrogen) atoms. The number of hydrogen-bond acceptors (Lipinski definition) is 2. The van der Waals surface area contributed by atoms with Crippen molar-refractivity contribution in [1.29, 1.82) is 0 Å². The lowest BCUT2D eigenvalue weighted by atomic mass is 9.75. The number of hydrogen-bond donors (Lipinski definition) is 0. The monoisotopic (exact) mass is 310 g/mol. The van der Waals surface area contributed by atoms with Crippen LogP contribution in [0.5, 0.6) is 0 Å². The van der Waals surface area contributed by atoms with E-state index in [1.54, 1.807) is 0 Å². The molecule has 3 nitrogen and oxygen atoms in total. The molecule has 3 atom stereocenters. The summed E-state index contributed by atoms with van der Waals surface area (Å²) in [6, 6.07) is 10.4. The Kier molecular flexibility index (Phi) is 4.38. The highest BCUT2D eigenvalue weighted by Crippen LogP contribution is 2.48. The Hall–Kier alpha value is -1.90. The topological polar surface area (TPSA) is 32.7 Å². The van der Waals surface area contributed by atoms with E-state index in [1.165, 1.54) is 5.56 Å². The van der Waals surface area contributed by atoms with E-state index < -0.39 is 0 Å². The molecule has 0 unspecified atom stereocenters. The second-order valence-electron chi connectivity index (χ2n) is 6.89. The van der Waals surface area contributed by atoms with Gasteiger partial charge in [-0.1, -0.05) is 43.3 Å². The van der Waals surface area contributed by atoms with Gasteiger partial charge in [-0.15, -0.1) is 6.58 Å². The van der Waals surface area contributed by atoms with Gasteiger partial charge >= 0.3 is 0 Å². The number of rotatable bonds is 4. The van der Waals surface area contributed by atoms with Crippen molar-refractivity contribution >= 4 is 11.6 Å². The molecular weight excluding hydrogens is 284 g/mol. The Morgan fingerprint density at radius 2 is 2.17 bits per heavy atom. The van der Waals surface area contributed by atoms with Crippen molar-refractivity contribution in [3.05, 3.63) is 48.6 Å². The van der Waals surface area contributed by atoms with Crippen LogP contribution in [0.3, 0.4) is 0 Å². The minimum Gasteiger partial charge on any atom is -0.338 e. The van der Waals surface area contributed by atoms with E-state index in [1.807, 2.05) is 29.2 Å². The van der Waals surface area contributed by atoms with Crippen LogP contribution >= 0.6 is 0 Å². The molecular formula is C20H26N2O. The Balaban J connectivity index is 1.92. The van der Waals surface area contributed by atoms with Crippen LogP contribution in [-0.2, 0) is 4.79 Å². The van der Waals surface area contributed by atoms with Gasteiger partial charge in [0.15, 0.2) is 0 Å². The summed E-state index contributed by atoms with van der Waals surface area (Å²) in [6.07, 6.45) is 4.79. The highest BCUT2D eigenvalue weighted by atomic mass is 16.2. The van der Waals surface area contributed by atoms with Crippen molar-refractivity contribution in [1.82, 2.24) is 4.90 Å². The fraction of sp³-hybridized carbons (Fsp3) is 0.500. The lowest BCUT2D eigenvalue weighted by Gasteiger charge is -2.27. The maximum absolute atomic E-state index is 13.1. The molecule has 1 spiro atoms. The summed E-state index contributed by atoms with van der Waals surface area (Å²) >= 11 is 0. The Labute approximate surface area is 139 Å². The van der Waals surface area contributed by atoms with Gasteiger partial charge in [0.05, 0.1) is 11.5 Å². The molecule has 0 aromatic heterocycles. The van der Waals surface area contributed by atoms with E-state index in [4.69, 9.17) is 4.99 Å². The van der Waals surface area contributed by atoms with Gasteiger partial charge in [0.2, 0.25) is 5.91 Å². The van der Waals surface area contributed by atoms with Gasteiger partial charge in [0.1, 0.15) is 0 Å². The summed E-state index contributed by atoms with van der Waals surface area (Å²) in [6.45, 7) is 9.58. The first-order valence-electron chi connectivity index (χ1n) is 8.62. The largest absolute Gasteiger partial charge is 0.338 e. The van der Waals surface area contributed by atoms with Gasteiger partial charge in [-0.25, -0.2) is 0 Å². The van der Waals surface area contributed by atoms with Crippen LogP contribution in [-0.4, -0.2) is 29.6 Å². The van der Waals surface area contributed by atoms with E-state index in [0.717, 1.165) is 31.5 Å². The number of carbonyl (C=O) groups is 1. The van der Waals surface area contributed by atoms with Gasteiger partial charge in [-0.3, -0.25) is 9.79 Å². The third-order valence-electron chi connectivity index (χ3n) is 5.48. The summed E-state index contributed by atoms with van der Waals surface area (Å²) in [4.78, 5) is 20.0. The van der Waals surface area contributed by atoms with Gasteiger partial charge in [-0.2, -0.15) is 0 Å². The summed E-state index contributed by atoms with van der Waals surface area (Å²) in [5.41, 5.74) is 1.98. The fourth-order valence-corrected chi connectivity index (χ4v) is 4.26. The molecule has 1 aromatic carbocycles. The van der Waals surface area contributed by atoms with Crippen molar-refractivity contribution in [2.75, 3.05) is 13.1 Å². The normalized spacial score (nSPS) is 30.3.